The lowest BCUT2D eigenvalue weighted by Crippen LogP contribution is -2.24. The predicted molar refractivity (Wildman–Crippen MR) is 93.0 cm³/mol. The van der Waals surface area contributed by atoms with E-state index in [0.29, 0.717) is 12.4 Å². The summed E-state index contributed by atoms with van der Waals surface area (Å²) in [6.07, 6.45) is 1.56. The van der Waals surface area contributed by atoms with Crippen LogP contribution in [0.1, 0.15) is 12.5 Å². The Balaban J connectivity index is 1.75. The molecule has 0 saturated heterocycles. The lowest BCUT2D eigenvalue weighted by Gasteiger charge is -2.05. The third kappa shape index (κ3) is 6.12. The number of hydrogen-bond acceptors (Lipinski definition) is 4. The number of hydrogen-bond donors (Lipinski definition) is 1. The Labute approximate surface area is 143 Å². The number of hydrazone groups is 1. The summed E-state index contributed by atoms with van der Waals surface area (Å²) in [5.41, 5.74) is 3.28. The van der Waals surface area contributed by atoms with Gasteiger partial charge < -0.3 is 9.47 Å². The summed E-state index contributed by atoms with van der Waals surface area (Å²) < 4.78 is 11.6. The van der Waals surface area contributed by atoms with Crippen molar-refractivity contribution in [3.63, 3.8) is 0 Å². The Morgan fingerprint density at radius 2 is 1.70 bits per heavy atom. The largest absolute Gasteiger partial charge is 0.494 e. The third-order valence-electron chi connectivity index (χ3n) is 2.78. The maximum atomic E-state index is 11.6. The molecule has 5 nitrogen and oxygen atoms in total. The van der Waals surface area contributed by atoms with E-state index < -0.39 is 0 Å². The molecule has 0 fully saturated rings. The molecule has 2 aromatic carbocycles. The van der Waals surface area contributed by atoms with Crippen molar-refractivity contribution in [1.29, 1.82) is 0 Å². The topological polar surface area (TPSA) is 59.9 Å². The van der Waals surface area contributed by atoms with Crippen molar-refractivity contribution in [3.05, 3.63) is 58.6 Å². The molecule has 0 aromatic heterocycles. The highest BCUT2D eigenvalue weighted by Crippen LogP contribution is 2.15. The molecule has 2 aromatic rings. The van der Waals surface area contributed by atoms with E-state index in [1.165, 1.54) is 0 Å². The fraction of sp³-hybridized carbons (Fsp3) is 0.176. The molecule has 0 unspecified atom stereocenters. The molecule has 0 bridgehead atoms. The zero-order chi connectivity index (χ0) is 16.5. The van der Waals surface area contributed by atoms with Crippen LogP contribution in [0, 0.1) is 0 Å². The fourth-order valence-electron chi connectivity index (χ4n) is 1.71. The SMILES string of the molecule is CCOc1ccc(C=NNC(=O)COc2ccc(Br)cc2)cc1. The maximum absolute atomic E-state index is 11.6. The second kappa shape index (κ2) is 8.95. The Bertz CT molecular complexity index is 655. The number of rotatable bonds is 7. The molecule has 0 heterocycles. The minimum atomic E-state index is -0.324. The minimum absolute atomic E-state index is 0.0950. The molecular weight excluding hydrogens is 360 g/mol. The van der Waals surface area contributed by atoms with Crippen LogP contribution in [0.4, 0.5) is 0 Å². The summed E-state index contributed by atoms with van der Waals surface area (Å²) in [5, 5.41) is 3.89. The molecule has 120 valence electrons. The lowest BCUT2D eigenvalue weighted by molar-refractivity contribution is -0.123. The van der Waals surface area contributed by atoms with Crippen LogP contribution in [0.15, 0.2) is 58.1 Å². The number of ether oxygens (including phenoxy) is 2. The summed E-state index contributed by atoms with van der Waals surface area (Å²) in [4.78, 5) is 11.6. The first-order chi connectivity index (χ1) is 11.2. The van der Waals surface area contributed by atoms with Gasteiger partial charge in [-0.3, -0.25) is 4.79 Å². The first kappa shape index (κ1) is 17.0. The summed E-state index contributed by atoms with van der Waals surface area (Å²) in [7, 11) is 0. The molecule has 23 heavy (non-hydrogen) atoms. The van der Waals surface area contributed by atoms with Gasteiger partial charge in [0.25, 0.3) is 5.91 Å². The number of halogens is 1. The van der Waals surface area contributed by atoms with E-state index in [9.17, 15) is 4.79 Å². The lowest BCUT2D eigenvalue weighted by atomic mass is 10.2. The molecule has 0 saturated carbocycles. The van der Waals surface area contributed by atoms with Crippen LogP contribution in [-0.2, 0) is 4.79 Å². The Morgan fingerprint density at radius 3 is 2.35 bits per heavy atom. The van der Waals surface area contributed by atoms with Crippen molar-refractivity contribution < 1.29 is 14.3 Å². The average molecular weight is 377 g/mol. The van der Waals surface area contributed by atoms with Crippen LogP contribution in [-0.4, -0.2) is 25.3 Å². The van der Waals surface area contributed by atoms with Gasteiger partial charge in [0.05, 0.1) is 12.8 Å². The van der Waals surface area contributed by atoms with Crippen molar-refractivity contribution in [1.82, 2.24) is 5.43 Å². The standard InChI is InChI=1S/C17H17BrN2O3/c1-2-22-15-7-3-13(4-8-15)11-19-20-17(21)12-23-16-9-5-14(18)6-10-16/h3-11H,2,12H2,1H3,(H,20,21). The highest BCUT2D eigenvalue weighted by molar-refractivity contribution is 9.10. The first-order valence-corrected chi connectivity index (χ1v) is 7.90. The van der Waals surface area contributed by atoms with E-state index in [-0.39, 0.29) is 12.5 Å². The van der Waals surface area contributed by atoms with Crippen LogP contribution in [0.5, 0.6) is 11.5 Å². The molecule has 0 aliphatic heterocycles. The zero-order valence-electron chi connectivity index (χ0n) is 12.7. The molecule has 1 amide bonds. The van der Waals surface area contributed by atoms with Gasteiger partial charge in [0.1, 0.15) is 11.5 Å². The van der Waals surface area contributed by atoms with Crippen LogP contribution >= 0.6 is 15.9 Å². The average Bonchev–Trinajstić information content (AvgIpc) is 2.56. The molecule has 1 N–H and O–H groups in total. The van der Waals surface area contributed by atoms with Gasteiger partial charge in [-0.2, -0.15) is 5.10 Å². The quantitative estimate of drug-likeness (QED) is 0.595. The van der Waals surface area contributed by atoms with Crippen LogP contribution in [0.3, 0.4) is 0 Å². The van der Waals surface area contributed by atoms with Crippen molar-refractivity contribution in [2.75, 3.05) is 13.2 Å². The highest BCUT2D eigenvalue weighted by Gasteiger charge is 2.01. The van der Waals surface area contributed by atoms with Crippen molar-refractivity contribution in [2.45, 2.75) is 6.92 Å². The summed E-state index contributed by atoms with van der Waals surface area (Å²) >= 11 is 3.33. The summed E-state index contributed by atoms with van der Waals surface area (Å²) in [6, 6.07) is 14.7. The van der Waals surface area contributed by atoms with Crippen LogP contribution in [0.2, 0.25) is 0 Å². The zero-order valence-corrected chi connectivity index (χ0v) is 14.2. The molecule has 0 atom stereocenters. The maximum Gasteiger partial charge on any atom is 0.277 e. The minimum Gasteiger partial charge on any atom is -0.494 e. The normalized spacial score (nSPS) is 10.5. The van der Waals surface area contributed by atoms with Crippen LogP contribution in [0.25, 0.3) is 0 Å². The molecule has 0 radical (unpaired) electrons. The van der Waals surface area contributed by atoms with Gasteiger partial charge in [0.2, 0.25) is 0 Å². The summed E-state index contributed by atoms with van der Waals surface area (Å²) in [6.45, 7) is 2.46. The molecule has 0 aliphatic rings. The van der Waals surface area contributed by atoms with Gasteiger partial charge in [-0.15, -0.1) is 0 Å². The van der Waals surface area contributed by atoms with E-state index >= 15 is 0 Å². The molecule has 6 heteroatoms. The Hall–Kier alpha value is -2.34. The monoisotopic (exact) mass is 376 g/mol. The number of carbonyl (C=O) groups is 1. The predicted octanol–water partition coefficient (Wildman–Crippen LogP) is 3.38. The van der Waals surface area contributed by atoms with E-state index in [2.05, 4.69) is 26.5 Å². The van der Waals surface area contributed by atoms with Crippen molar-refractivity contribution >= 4 is 28.1 Å². The second-order valence-corrected chi connectivity index (χ2v) is 5.45. The number of carbonyl (C=O) groups excluding carboxylic acids is 1. The highest BCUT2D eigenvalue weighted by atomic mass is 79.9. The van der Waals surface area contributed by atoms with E-state index in [0.717, 1.165) is 15.8 Å². The second-order valence-electron chi connectivity index (χ2n) is 4.54. The van der Waals surface area contributed by atoms with E-state index in [1.807, 2.05) is 43.3 Å². The number of nitrogens with zero attached hydrogens (tertiary/aromatic N) is 1. The van der Waals surface area contributed by atoms with Gasteiger partial charge in [-0.25, -0.2) is 5.43 Å². The number of benzene rings is 2. The Kier molecular flexibility index (Phi) is 6.62. The number of nitrogens with one attached hydrogen (secondary N) is 1. The fourth-order valence-corrected chi connectivity index (χ4v) is 1.97. The first-order valence-electron chi connectivity index (χ1n) is 7.10. The van der Waals surface area contributed by atoms with E-state index in [4.69, 9.17) is 9.47 Å². The number of amides is 1. The van der Waals surface area contributed by atoms with Gasteiger partial charge >= 0.3 is 0 Å². The summed E-state index contributed by atoms with van der Waals surface area (Å²) in [5.74, 6) is 1.10. The van der Waals surface area contributed by atoms with E-state index in [1.54, 1.807) is 18.3 Å². The van der Waals surface area contributed by atoms with Crippen molar-refractivity contribution in [3.8, 4) is 11.5 Å². The van der Waals surface area contributed by atoms with Crippen molar-refractivity contribution in [2.24, 2.45) is 5.10 Å². The molecular formula is C17H17BrN2O3. The molecule has 0 spiro atoms. The van der Waals surface area contributed by atoms with Crippen LogP contribution < -0.4 is 14.9 Å². The molecule has 0 aliphatic carbocycles. The van der Waals surface area contributed by atoms with Gasteiger partial charge in [-0.1, -0.05) is 15.9 Å². The molecule has 2 rings (SSSR count). The third-order valence-corrected chi connectivity index (χ3v) is 3.31. The van der Waals surface area contributed by atoms with Gasteiger partial charge in [0.15, 0.2) is 6.61 Å². The smallest absolute Gasteiger partial charge is 0.277 e. The van der Waals surface area contributed by atoms with Gasteiger partial charge in [0, 0.05) is 4.47 Å². The Morgan fingerprint density at radius 1 is 1.09 bits per heavy atom. The van der Waals surface area contributed by atoms with Gasteiger partial charge in [-0.05, 0) is 61.0 Å².